The van der Waals surface area contributed by atoms with E-state index in [1.165, 1.54) is 7.11 Å². The Labute approximate surface area is 219 Å². The number of methoxy groups -OCH3 is 1. The van der Waals surface area contributed by atoms with Gasteiger partial charge in [-0.1, -0.05) is 60.7 Å². The third-order valence-electron chi connectivity index (χ3n) is 6.37. The van der Waals surface area contributed by atoms with E-state index in [4.69, 9.17) is 14.6 Å². The van der Waals surface area contributed by atoms with Gasteiger partial charge < -0.3 is 19.9 Å². The molecular formula is C29H28N2O7. The molecule has 0 saturated heterocycles. The number of amides is 2. The summed E-state index contributed by atoms with van der Waals surface area (Å²) in [5.74, 6) is -2.35. The molecule has 0 radical (unpaired) electrons. The number of benzene rings is 3. The van der Waals surface area contributed by atoms with Crippen LogP contribution in [0.3, 0.4) is 0 Å². The summed E-state index contributed by atoms with van der Waals surface area (Å²) in [4.78, 5) is 47.3. The number of nitrogens with one attached hydrogen (secondary N) is 2. The maximum Gasteiger partial charge on any atom is 0.411 e. The highest BCUT2D eigenvalue weighted by Crippen LogP contribution is 2.44. The first kappa shape index (κ1) is 26.4. The Hall–Kier alpha value is -4.66. The monoisotopic (exact) mass is 516 g/mol. The molecule has 9 nitrogen and oxygen atoms in total. The standard InChI is InChI=1S/C29H28N2O7/c1-37-28(35)25(31-26(32)14-15-27(33)34)16-18-10-12-19(13-11-18)30-29(36)38-17-24-22-8-4-2-6-20(22)21-7-3-5-9-23(21)24/h2-13,24-25H,14-17H2,1H3,(H,30,36)(H,31,32)(H,33,34). The molecule has 3 N–H and O–H groups in total. The van der Waals surface area contributed by atoms with Gasteiger partial charge in [-0.3, -0.25) is 14.9 Å². The highest BCUT2D eigenvalue weighted by Gasteiger charge is 2.29. The number of anilines is 1. The number of carbonyl (C=O) groups is 4. The summed E-state index contributed by atoms with van der Waals surface area (Å²) in [7, 11) is 1.21. The summed E-state index contributed by atoms with van der Waals surface area (Å²) in [6.45, 7) is 0.195. The topological polar surface area (TPSA) is 131 Å². The fraction of sp³-hybridized carbons (Fsp3) is 0.241. The predicted octanol–water partition coefficient (Wildman–Crippen LogP) is 4.11. The number of fused-ring (bicyclic) bond motifs is 3. The largest absolute Gasteiger partial charge is 0.481 e. The molecule has 3 aromatic rings. The van der Waals surface area contributed by atoms with Crippen molar-refractivity contribution in [2.24, 2.45) is 0 Å². The van der Waals surface area contributed by atoms with Crippen molar-refractivity contribution in [2.75, 3.05) is 19.0 Å². The molecule has 1 unspecified atom stereocenters. The minimum Gasteiger partial charge on any atom is -0.481 e. The third-order valence-corrected chi connectivity index (χ3v) is 6.37. The molecule has 0 heterocycles. The first-order chi connectivity index (χ1) is 18.4. The number of hydrogen-bond donors (Lipinski definition) is 3. The van der Waals surface area contributed by atoms with Crippen molar-refractivity contribution >= 4 is 29.6 Å². The van der Waals surface area contributed by atoms with E-state index >= 15 is 0 Å². The second kappa shape index (κ2) is 12.1. The number of carboxylic acids is 1. The maximum atomic E-state index is 12.5. The number of aliphatic carboxylic acids is 1. The van der Waals surface area contributed by atoms with Gasteiger partial charge in [0, 0.05) is 24.4 Å². The van der Waals surface area contributed by atoms with Gasteiger partial charge in [0.25, 0.3) is 0 Å². The predicted molar refractivity (Wildman–Crippen MR) is 140 cm³/mol. The van der Waals surface area contributed by atoms with Crippen LogP contribution in [0.15, 0.2) is 72.8 Å². The van der Waals surface area contributed by atoms with Gasteiger partial charge in [0.05, 0.1) is 13.5 Å². The highest BCUT2D eigenvalue weighted by molar-refractivity contribution is 5.87. The molecule has 0 aliphatic heterocycles. The van der Waals surface area contributed by atoms with E-state index < -0.39 is 30.0 Å². The lowest BCUT2D eigenvalue weighted by molar-refractivity contribution is -0.145. The van der Waals surface area contributed by atoms with Crippen molar-refractivity contribution in [3.63, 3.8) is 0 Å². The lowest BCUT2D eigenvalue weighted by Gasteiger charge is -2.17. The van der Waals surface area contributed by atoms with Crippen LogP contribution in [0, 0.1) is 0 Å². The molecule has 196 valence electrons. The zero-order chi connectivity index (χ0) is 27.1. The van der Waals surface area contributed by atoms with Crippen LogP contribution in [0.25, 0.3) is 11.1 Å². The number of esters is 1. The number of ether oxygens (including phenoxy) is 2. The van der Waals surface area contributed by atoms with Crippen LogP contribution in [-0.2, 0) is 30.3 Å². The molecule has 3 aromatic carbocycles. The van der Waals surface area contributed by atoms with Crippen molar-refractivity contribution in [2.45, 2.75) is 31.2 Å². The van der Waals surface area contributed by atoms with Gasteiger partial charge in [0.2, 0.25) is 5.91 Å². The van der Waals surface area contributed by atoms with Crippen LogP contribution in [0.4, 0.5) is 10.5 Å². The smallest absolute Gasteiger partial charge is 0.411 e. The van der Waals surface area contributed by atoms with Gasteiger partial charge >= 0.3 is 18.0 Å². The highest BCUT2D eigenvalue weighted by atomic mass is 16.5. The van der Waals surface area contributed by atoms with Crippen molar-refractivity contribution in [3.8, 4) is 11.1 Å². The number of carbonyl (C=O) groups excluding carboxylic acids is 3. The van der Waals surface area contributed by atoms with Gasteiger partial charge in [-0.15, -0.1) is 0 Å². The average molecular weight is 517 g/mol. The lowest BCUT2D eigenvalue weighted by Crippen LogP contribution is -2.43. The Bertz CT molecular complexity index is 1290. The molecule has 0 bridgehead atoms. The van der Waals surface area contributed by atoms with E-state index in [1.54, 1.807) is 24.3 Å². The van der Waals surface area contributed by atoms with Crippen LogP contribution in [0.2, 0.25) is 0 Å². The minimum atomic E-state index is -1.10. The van der Waals surface area contributed by atoms with Gasteiger partial charge in [0.1, 0.15) is 12.6 Å². The number of rotatable bonds is 10. The molecule has 1 atom stereocenters. The zero-order valence-electron chi connectivity index (χ0n) is 20.8. The maximum absolute atomic E-state index is 12.5. The Balaban J connectivity index is 1.33. The summed E-state index contributed by atoms with van der Waals surface area (Å²) in [6, 6.07) is 22.0. The molecule has 1 aliphatic rings. The molecule has 4 rings (SSSR count). The summed E-state index contributed by atoms with van der Waals surface area (Å²) in [6.07, 6.45) is -1.03. The fourth-order valence-electron chi connectivity index (χ4n) is 4.53. The normalized spacial score (nSPS) is 12.6. The fourth-order valence-corrected chi connectivity index (χ4v) is 4.53. The molecule has 0 aromatic heterocycles. The SMILES string of the molecule is COC(=O)C(Cc1ccc(NC(=O)OCC2c3ccccc3-c3ccccc32)cc1)NC(=O)CCC(=O)O. The van der Waals surface area contributed by atoms with Crippen molar-refractivity contribution in [3.05, 3.63) is 89.5 Å². The Morgan fingerprint density at radius 3 is 2.05 bits per heavy atom. The van der Waals surface area contributed by atoms with E-state index in [2.05, 4.69) is 34.9 Å². The Morgan fingerprint density at radius 2 is 1.47 bits per heavy atom. The molecule has 9 heteroatoms. The van der Waals surface area contributed by atoms with Crippen molar-refractivity contribution in [1.29, 1.82) is 0 Å². The van der Waals surface area contributed by atoms with Gasteiger partial charge in [0.15, 0.2) is 0 Å². The minimum absolute atomic E-state index is 0.0449. The summed E-state index contributed by atoms with van der Waals surface area (Å²) in [5.41, 5.74) is 5.76. The van der Waals surface area contributed by atoms with E-state index in [-0.39, 0.29) is 31.8 Å². The molecule has 0 saturated carbocycles. The van der Waals surface area contributed by atoms with Crippen LogP contribution >= 0.6 is 0 Å². The second-order valence-electron chi connectivity index (χ2n) is 8.89. The summed E-state index contributed by atoms with van der Waals surface area (Å²) >= 11 is 0. The van der Waals surface area contributed by atoms with Gasteiger partial charge in [-0.25, -0.2) is 9.59 Å². The second-order valence-corrected chi connectivity index (χ2v) is 8.89. The number of carboxylic acid groups (broad SMARTS) is 1. The molecular weight excluding hydrogens is 488 g/mol. The third kappa shape index (κ3) is 6.36. The van der Waals surface area contributed by atoms with E-state index in [1.807, 2.05) is 24.3 Å². The van der Waals surface area contributed by atoms with Crippen LogP contribution in [-0.4, -0.2) is 48.8 Å². The quantitative estimate of drug-likeness (QED) is 0.346. The molecule has 0 fully saturated rings. The summed E-state index contributed by atoms with van der Waals surface area (Å²) < 4.78 is 10.3. The Morgan fingerprint density at radius 1 is 0.868 bits per heavy atom. The molecule has 38 heavy (non-hydrogen) atoms. The van der Waals surface area contributed by atoms with E-state index in [0.717, 1.165) is 22.3 Å². The van der Waals surface area contributed by atoms with Crippen LogP contribution in [0.1, 0.15) is 35.4 Å². The first-order valence-corrected chi connectivity index (χ1v) is 12.2. The van der Waals surface area contributed by atoms with Crippen molar-refractivity contribution in [1.82, 2.24) is 5.32 Å². The molecule has 0 spiro atoms. The zero-order valence-corrected chi connectivity index (χ0v) is 20.8. The van der Waals surface area contributed by atoms with Gasteiger partial charge in [-0.05, 0) is 39.9 Å². The van der Waals surface area contributed by atoms with Crippen molar-refractivity contribution < 1.29 is 33.8 Å². The van der Waals surface area contributed by atoms with Crippen LogP contribution < -0.4 is 10.6 Å². The number of hydrogen-bond acceptors (Lipinski definition) is 6. The molecule has 1 aliphatic carbocycles. The summed E-state index contributed by atoms with van der Waals surface area (Å²) in [5, 5.41) is 14.0. The molecule has 2 amide bonds. The first-order valence-electron chi connectivity index (χ1n) is 12.2. The lowest BCUT2D eigenvalue weighted by atomic mass is 9.98. The average Bonchev–Trinajstić information content (AvgIpc) is 3.24. The Kier molecular flexibility index (Phi) is 8.37. The van der Waals surface area contributed by atoms with Crippen LogP contribution in [0.5, 0.6) is 0 Å². The van der Waals surface area contributed by atoms with E-state index in [0.29, 0.717) is 11.3 Å². The van der Waals surface area contributed by atoms with E-state index in [9.17, 15) is 19.2 Å². The van der Waals surface area contributed by atoms with Gasteiger partial charge in [-0.2, -0.15) is 0 Å².